The minimum Gasteiger partial charge on any atom is -0.348 e. The molecule has 2 aromatic carbocycles. The topological polar surface area (TPSA) is 29.1 Å². The molecule has 1 amide bonds. The fourth-order valence-corrected chi connectivity index (χ4v) is 2.01. The standard InChI is InChI=1S/C14H11ClFNOS/c15-12-6-5-10(19)7-11(12)14(18)17-8-9-3-1-2-4-13(9)16/h1-7,19H,8H2,(H,17,18). The molecule has 2 nitrogen and oxygen atoms in total. The average Bonchev–Trinajstić information content (AvgIpc) is 2.40. The number of thiol groups is 1. The quantitative estimate of drug-likeness (QED) is 0.831. The van der Waals surface area contributed by atoms with Crippen molar-refractivity contribution in [3.05, 3.63) is 64.4 Å². The van der Waals surface area contributed by atoms with Crippen LogP contribution in [-0.2, 0) is 6.54 Å². The number of hydrogen-bond donors (Lipinski definition) is 2. The Bertz CT molecular complexity index is 618. The molecule has 0 fully saturated rings. The van der Waals surface area contributed by atoms with Crippen molar-refractivity contribution in [2.75, 3.05) is 0 Å². The van der Waals surface area contributed by atoms with Crippen molar-refractivity contribution in [1.29, 1.82) is 0 Å². The lowest BCUT2D eigenvalue weighted by Gasteiger charge is -2.08. The molecule has 0 aliphatic carbocycles. The molecule has 0 spiro atoms. The highest BCUT2D eigenvalue weighted by Crippen LogP contribution is 2.19. The first-order valence-electron chi connectivity index (χ1n) is 5.58. The van der Waals surface area contributed by atoms with Crippen LogP contribution in [0.5, 0.6) is 0 Å². The molecule has 0 saturated carbocycles. The van der Waals surface area contributed by atoms with Gasteiger partial charge in [0.05, 0.1) is 10.6 Å². The maximum absolute atomic E-state index is 13.4. The van der Waals surface area contributed by atoms with Gasteiger partial charge in [-0.25, -0.2) is 4.39 Å². The molecule has 0 bridgehead atoms. The number of rotatable bonds is 3. The molecule has 98 valence electrons. The van der Waals surface area contributed by atoms with E-state index in [4.69, 9.17) is 11.6 Å². The number of hydrogen-bond acceptors (Lipinski definition) is 2. The maximum Gasteiger partial charge on any atom is 0.253 e. The van der Waals surface area contributed by atoms with E-state index >= 15 is 0 Å². The van der Waals surface area contributed by atoms with Crippen molar-refractivity contribution < 1.29 is 9.18 Å². The van der Waals surface area contributed by atoms with Gasteiger partial charge < -0.3 is 5.32 Å². The van der Waals surface area contributed by atoms with E-state index in [1.165, 1.54) is 6.07 Å². The summed E-state index contributed by atoms with van der Waals surface area (Å²) in [6, 6.07) is 11.1. The van der Waals surface area contributed by atoms with Crippen molar-refractivity contribution in [1.82, 2.24) is 5.32 Å². The SMILES string of the molecule is O=C(NCc1ccccc1F)c1cc(S)ccc1Cl. The summed E-state index contributed by atoms with van der Waals surface area (Å²) in [6.07, 6.45) is 0. The van der Waals surface area contributed by atoms with Crippen LogP contribution >= 0.6 is 24.2 Å². The minimum absolute atomic E-state index is 0.110. The van der Waals surface area contributed by atoms with Crippen LogP contribution in [0.4, 0.5) is 4.39 Å². The molecule has 5 heteroatoms. The van der Waals surface area contributed by atoms with E-state index in [0.717, 1.165) is 0 Å². The van der Waals surface area contributed by atoms with Crippen LogP contribution in [0.1, 0.15) is 15.9 Å². The molecule has 0 aromatic heterocycles. The van der Waals surface area contributed by atoms with E-state index in [0.29, 0.717) is 21.0 Å². The first-order chi connectivity index (χ1) is 9.08. The summed E-state index contributed by atoms with van der Waals surface area (Å²) in [4.78, 5) is 12.6. The van der Waals surface area contributed by atoms with E-state index < -0.39 is 0 Å². The first kappa shape index (κ1) is 13.9. The van der Waals surface area contributed by atoms with Crippen LogP contribution in [0.3, 0.4) is 0 Å². The lowest BCUT2D eigenvalue weighted by atomic mass is 10.2. The molecular weight excluding hydrogens is 285 g/mol. The monoisotopic (exact) mass is 295 g/mol. The van der Waals surface area contributed by atoms with Crippen molar-refractivity contribution in [3.63, 3.8) is 0 Å². The summed E-state index contributed by atoms with van der Waals surface area (Å²) in [5, 5.41) is 2.96. The third-order valence-electron chi connectivity index (χ3n) is 2.59. The molecular formula is C14H11ClFNOS. The second kappa shape index (κ2) is 6.08. The summed E-state index contributed by atoms with van der Waals surface area (Å²) in [5.41, 5.74) is 0.750. The predicted octanol–water partition coefficient (Wildman–Crippen LogP) is 3.70. The van der Waals surface area contributed by atoms with Crippen molar-refractivity contribution in [2.45, 2.75) is 11.4 Å². The van der Waals surface area contributed by atoms with Gasteiger partial charge in [-0.05, 0) is 24.3 Å². The van der Waals surface area contributed by atoms with Crippen LogP contribution in [0.2, 0.25) is 5.02 Å². The van der Waals surface area contributed by atoms with Crippen LogP contribution < -0.4 is 5.32 Å². The molecule has 19 heavy (non-hydrogen) atoms. The van der Waals surface area contributed by atoms with Gasteiger partial charge in [0, 0.05) is 17.0 Å². The van der Waals surface area contributed by atoms with Crippen LogP contribution in [0.25, 0.3) is 0 Å². The van der Waals surface area contributed by atoms with Gasteiger partial charge in [0.2, 0.25) is 0 Å². The van der Waals surface area contributed by atoms with Gasteiger partial charge in [-0.15, -0.1) is 12.6 Å². The number of halogens is 2. The summed E-state index contributed by atoms with van der Waals surface area (Å²) < 4.78 is 13.4. The maximum atomic E-state index is 13.4. The Hall–Kier alpha value is -1.52. The Balaban J connectivity index is 2.10. The van der Waals surface area contributed by atoms with Gasteiger partial charge in [-0.1, -0.05) is 29.8 Å². The van der Waals surface area contributed by atoms with Gasteiger partial charge in [-0.3, -0.25) is 4.79 Å². The van der Waals surface area contributed by atoms with Gasteiger partial charge >= 0.3 is 0 Å². The second-order valence-corrected chi connectivity index (χ2v) is 4.86. The van der Waals surface area contributed by atoms with Gasteiger partial charge in [-0.2, -0.15) is 0 Å². The molecule has 2 rings (SSSR count). The van der Waals surface area contributed by atoms with Crippen molar-refractivity contribution in [2.24, 2.45) is 0 Å². The molecule has 0 aliphatic heterocycles. The van der Waals surface area contributed by atoms with Crippen LogP contribution in [-0.4, -0.2) is 5.91 Å². The Labute approximate surface area is 121 Å². The molecule has 0 atom stereocenters. The van der Waals surface area contributed by atoms with Gasteiger partial charge in [0.1, 0.15) is 5.82 Å². The van der Waals surface area contributed by atoms with E-state index in [2.05, 4.69) is 17.9 Å². The number of carbonyl (C=O) groups is 1. The van der Waals surface area contributed by atoms with Crippen molar-refractivity contribution >= 4 is 30.1 Å². The molecule has 0 unspecified atom stereocenters. The summed E-state index contributed by atoms with van der Waals surface area (Å²) in [7, 11) is 0. The lowest BCUT2D eigenvalue weighted by Crippen LogP contribution is -2.23. The van der Waals surface area contributed by atoms with E-state index in [1.54, 1.807) is 36.4 Å². The Morgan fingerprint density at radius 2 is 2.00 bits per heavy atom. The number of benzene rings is 2. The smallest absolute Gasteiger partial charge is 0.253 e. The minimum atomic E-state index is -0.357. The van der Waals surface area contributed by atoms with E-state index in [9.17, 15) is 9.18 Å². The fourth-order valence-electron chi connectivity index (χ4n) is 1.60. The van der Waals surface area contributed by atoms with Crippen LogP contribution in [0.15, 0.2) is 47.4 Å². The third kappa shape index (κ3) is 3.49. The first-order valence-corrected chi connectivity index (χ1v) is 6.40. The Morgan fingerprint density at radius 1 is 1.26 bits per heavy atom. The number of carbonyl (C=O) groups excluding carboxylic acids is 1. The van der Waals surface area contributed by atoms with Gasteiger partial charge in [0.25, 0.3) is 5.91 Å². The van der Waals surface area contributed by atoms with Crippen molar-refractivity contribution in [3.8, 4) is 0 Å². The zero-order chi connectivity index (χ0) is 13.8. The Morgan fingerprint density at radius 3 is 2.74 bits per heavy atom. The highest BCUT2D eigenvalue weighted by atomic mass is 35.5. The third-order valence-corrected chi connectivity index (χ3v) is 3.20. The molecule has 0 heterocycles. The Kier molecular flexibility index (Phi) is 4.45. The highest BCUT2D eigenvalue weighted by Gasteiger charge is 2.11. The second-order valence-electron chi connectivity index (χ2n) is 3.94. The number of nitrogens with one attached hydrogen (secondary N) is 1. The summed E-state index contributed by atoms with van der Waals surface area (Å²) >= 11 is 10.1. The zero-order valence-corrected chi connectivity index (χ0v) is 11.5. The lowest BCUT2D eigenvalue weighted by molar-refractivity contribution is 0.0950. The predicted molar refractivity (Wildman–Crippen MR) is 76.3 cm³/mol. The molecule has 2 aromatic rings. The van der Waals surface area contributed by atoms with E-state index in [-0.39, 0.29) is 18.3 Å². The molecule has 0 aliphatic rings. The highest BCUT2D eigenvalue weighted by molar-refractivity contribution is 7.80. The number of amides is 1. The molecule has 0 radical (unpaired) electrons. The largest absolute Gasteiger partial charge is 0.348 e. The average molecular weight is 296 g/mol. The van der Waals surface area contributed by atoms with E-state index in [1.807, 2.05) is 0 Å². The molecule has 1 N–H and O–H groups in total. The van der Waals surface area contributed by atoms with Crippen LogP contribution in [0, 0.1) is 5.82 Å². The summed E-state index contributed by atoms with van der Waals surface area (Å²) in [5.74, 6) is -0.707. The normalized spacial score (nSPS) is 10.3. The fraction of sp³-hybridized carbons (Fsp3) is 0.0714. The van der Waals surface area contributed by atoms with Gasteiger partial charge in [0.15, 0.2) is 0 Å². The summed E-state index contributed by atoms with van der Waals surface area (Å²) in [6.45, 7) is 0.110. The zero-order valence-electron chi connectivity index (χ0n) is 9.86. The molecule has 0 saturated heterocycles.